The predicted molar refractivity (Wildman–Crippen MR) is 68.6 cm³/mol. The SMILES string of the molecule is Cc1cc(C(=O)O)ccc1NC(C)C1CCC1. The van der Waals surface area contributed by atoms with Crippen molar-refractivity contribution in [1.29, 1.82) is 0 Å². The topological polar surface area (TPSA) is 49.3 Å². The van der Waals surface area contributed by atoms with Crippen LogP contribution in [-0.4, -0.2) is 17.1 Å². The van der Waals surface area contributed by atoms with Gasteiger partial charge < -0.3 is 10.4 Å². The van der Waals surface area contributed by atoms with E-state index >= 15 is 0 Å². The third-order valence-electron chi connectivity index (χ3n) is 3.71. The van der Waals surface area contributed by atoms with Crippen LogP contribution in [0.1, 0.15) is 42.1 Å². The number of hydrogen-bond acceptors (Lipinski definition) is 2. The minimum atomic E-state index is -0.869. The van der Waals surface area contributed by atoms with Crippen LogP contribution in [0.3, 0.4) is 0 Å². The molecule has 1 aromatic rings. The number of benzene rings is 1. The zero-order valence-electron chi connectivity index (χ0n) is 10.4. The Hall–Kier alpha value is -1.51. The Morgan fingerprint density at radius 1 is 1.47 bits per heavy atom. The minimum absolute atomic E-state index is 0.351. The highest BCUT2D eigenvalue weighted by molar-refractivity contribution is 5.88. The van der Waals surface area contributed by atoms with Gasteiger partial charge in [0.05, 0.1) is 5.56 Å². The molecule has 2 N–H and O–H groups in total. The molecule has 3 nitrogen and oxygen atoms in total. The molecular weight excluding hydrogens is 214 g/mol. The van der Waals surface area contributed by atoms with Gasteiger partial charge in [0, 0.05) is 11.7 Å². The Bertz CT molecular complexity index is 424. The van der Waals surface area contributed by atoms with Gasteiger partial charge in [0.25, 0.3) is 0 Å². The Morgan fingerprint density at radius 2 is 2.18 bits per heavy atom. The molecule has 0 spiro atoms. The van der Waals surface area contributed by atoms with Crippen molar-refractivity contribution in [3.8, 4) is 0 Å². The molecule has 2 rings (SSSR count). The summed E-state index contributed by atoms with van der Waals surface area (Å²) < 4.78 is 0. The minimum Gasteiger partial charge on any atom is -0.478 e. The molecule has 0 radical (unpaired) electrons. The fraction of sp³-hybridized carbons (Fsp3) is 0.500. The lowest BCUT2D eigenvalue weighted by molar-refractivity contribution is 0.0697. The van der Waals surface area contributed by atoms with E-state index in [0.29, 0.717) is 11.6 Å². The van der Waals surface area contributed by atoms with E-state index in [1.165, 1.54) is 19.3 Å². The summed E-state index contributed by atoms with van der Waals surface area (Å²) in [4.78, 5) is 10.8. The van der Waals surface area contributed by atoms with Crippen LogP contribution in [-0.2, 0) is 0 Å². The molecule has 1 atom stereocenters. The van der Waals surface area contributed by atoms with Crippen LogP contribution in [0.4, 0.5) is 5.69 Å². The summed E-state index contributed by atoms with van der Waals surface area (Å²) in [7, 11) is 0. The molecule has 1 unspecified atom stereocenters. The van der Waals surface area contributed by atoms with Crippen LogP contribution in [0.25, 0.3) is 0 Å². The van der Waals surface area contributed by atoms with E-state index in [4.69, 9.17) is 5.11 Å². The molecule has 92 valence electrons. The molecule has 3 heteroatoms. The van der Waals surface area contributed by atoms with Gasteiger partial charge in [-0.2, -0.15) is 0 Å². The lowest BCUT2D eigenvalue weighted by Gasteiger charge is -2.33. The first-order valence-electron chi connectivity index (χ1n) is 6.18. The maximum Gasteiger partial charge on any atom is 0.335 e. The van der Waals surface area contributed by atoms with Crippen molar-refractivity contribution in [2.24, 2.45) is 5.92 Å². The average molecular weight is 233 g/mol. The highest BCUT2D eigenvalue weighted by Gasteiger charge is 2.23. The van der Waals surface area contributed by atoms with Gasteiger partial charge in [-0.05, 0) is 56.4 Å². The van der Waals surface area contributed by atoms with Gasteiger partial charge in [-0.15, -0.1) is 0 Å². The molecule has 1 aliphatic carbocycles. The van der Waals surface area contributed by atoms with E-state index in [1.807, 2.05) is 13.0 Å². The lowest BCUT2D eigenvalue weighted by Crippen LogP contribution is -2.31. The maximum absolute atomic E-state index is 10.8. The smallest absolute Gasteiger partial charge is 0.335 e. The predicted octanol–water partition coefficient (Wildman–Crippen LogP) is 3.29. The van der Waals surface area contributed by atoms with Gasteiger partial charge in [-0.3, -0.25) is 0 Å². The average Bonchev–Trinajstić information content (AvgIpc) is 2.18. The van der Waals surface area contributed by atoms with Crippen LogP contribution < -0.4 is 5.32 Å². The van der Waals surface area contributed by atoms with Crippen molar-refractivity contribution in [3.63, 3.8) is 0 Å². The molecule has 0 aliphatic heterocycles. The van der Waals surface area contributed by atoms with Crippen LogP contribution in [0, 0.1) is 12.8 Å². The monoisotopic (exact) mass is 233 g/mol. The number of anilines is 1. The van der Waals surface area contributed by atoms with Crippen molar-refractivity contribution in [3.05, 3.63) is 29.3 Å². The molecule has 0 amide bonds. The van der Waals surface area contributed by atoms with Gasteiger partial charge in [-0.1, -0.05) is 6.42 Å². The van der Waals surface area contributed by atoms with Gasteiger partial charge in [0.1, 0.15) is 0 Å². The van der Waals surface area contributed by atoms with Gasteiger partial charge >= 0.3 is 5.97 Å². The second-order valence-electron chi connectivity index (χ2n) is 4.96. The van der Waals surface area contributed by atoms with Gasteiger partial charge in [0.2, 0.25) is 0 Å². The van der Waals surface area contributed by atoms with E-state index in [2.05, 4.69) is 12.2 Å². The van der Waals surface area contributed by atoms with E-state index < -0.39 is 5.97 Å². The van der Waals surface area contributed by atoms with Gasteiger partial charge in [0.15, 0.2) is 0 Å². The Kier molecular flexibility index (Phi) is 3.36. The summed E-state index contributed by atoms with van der Waals surface area (Å²) in [5.41, 5.74) is 2.40. The number of carboxylic acid groups (broad SMARTS) is 1. The number of rotatable bonds is 4. The molecule has 17 heavy (non-hydrogen) atoms. The normalized spacial score (nSPS) is 17.3. The van der Waals surface area contributed by atoms with Crippen LogP contribution in [0.2, 0.25) is 0 Å². The van der Waals surface area contributed by atoms with Gasteiger partial charge in [-0.25, -0.2) is 4.79 Å². The molecular formula is C14H19NO2. The fourth-order valence-electron chi connectivity index (χ4n) is 2.26. The molecule has 0 aromatic heterocycles. The maximum atomic E-state index is 10.8. The molecule has 1 saturated carbocycles. The molecule has 0 heterocycles. The first kappa shape index (κ1) is 12.0. The number of carboxylic acids is 1. The summed E-state index contributed by atoms with van der Waals surface area (Å²) in [5, 5.41) is 12.4. The lowest BCUT2D eigenvalue weighted by atomic mass is 9.80. The van der Waals surface area contributed by atoms with Crippen LogP contribution in [0.5, 0.6) is 0 Å². The van der Waals surface area contributed by atoms with E-state index in [9.17, 15) is 4.79 Å². The highest BCUT2D eigenvalue weighted by atomic mass is 16.4. The van der Waals surface area contributed by atoms with Crippen molar-refractivity contribution < 1.29 is 9.90 Å². The third-order valence-corrected chi connectivity index (χ3v) is 3.71. The summed E-state index contributed by atoms with van der Waals surface area (Å²) in [6.07, 6.45) is 3.95. The van der Waals surface area contributed by atoms with E-state index in [1.54, 1.807) is 12.1 Å². The fourth-order valence-corrected chi connectivity index (χ4v) is 2.26. The number of aromatic carboxylic acids is 1. The second kappa shape index (κ2) is 4.78. The number of hydrogen-bond donors (Lipinski definition) is 2. The molecule has 0 saturated heterocycles. The number of carbonyl (C=O) groups is 1. The molecule has 1 aromatic carbocycles. The third kappa shape index (κ3) is 2.60. The highest BCUT2D eigenvalue weighted by Crippen LogP contribution is 2.31. The largest absolute Gasteiger partial charge is 0.478 e. The van der Waals surface area contributed by atoms with Crippen molar-refractivity contribution >= 4 is 11.7 Å². The Labute approximate surface area is 102 Å². The standard InChI is InChI=1S/C14H19NO2/c1-9-8-12(14(16)17)6-7-13(9)15-10(2)11-4-3-5-11/h6-8,10-11,15H,3-5H2,1-2H3,(H,16,17). The first-order valence-corrected chi connectivity index (χ1v) is 6.18. The van der Waals surface area contributed by atoms with E-state index in [0.717, 1.165) is 17.2 Å². The van der Waals surface area contributed by atoms with Crippen LogP contribution in [0.15, 0.2) is 18.2 Å². The second-order valence-corrected chi connectivity index (χ2v) is 4.96. The summed E-state index contributed by atoms with van der Waals surface area (Å²) >= 11 is 0. The molecule has 1 aliphatic rings. The van der Waals surface area contributed by atoms with Crippen molar-refractivity contribution in [1.82, 2.24) is 0 Å². The quantitative estimate of drug-likeness (QED) is 0.839. The number of nitrogens with one attached hydrogen (secondary N) is 1. The van der Waals surface area contributed by atoms with E-state index in [-0.39, 0.29) is 0 Å². The zero-order valence-corrected chi connectivity index (χ0v) is 10.4. The Balaban J connectivity index is 2.07. The zero-order chi connectivity index (χ0) is 12.4. The summed E-state index contributed by atoms with van der Waals surface area (Å²) in [5.74, 6) is -0.0970. The molecule has 1 fully saturated rings. The molecule has 0 bridgehead atoms. The summed E-state index contributed by atoms with van der Waals surface area (Å²) in [6, 6.07) is 5.72. The van der Waals surface area contributed by atoms with Crippen molar-refractivity contribution in [2.45, 2.75) is 39.2 Å². The van der Waals surface area contributed by atoms with Crippen LogP contribution >= 0.6 is 0 Å². The number of aryl methyl sites for hydroxylation is 1. The Morgan fingerprint density at radius 3 is 2.65 bits per heavy atom. The first-order chi connectivity index (χ1) is 8.08. The summed E-state index contributed by atoms with van der Waals surface area (Å²) in [6.45, 7) is 4.15. The van der Waals surface area contributed by atoms with Crippen molar-refractivity contribution in [2.75, 3.05) is 5.32 Å².